The Morgan fingerprint density at radius 1 is 1.25 bits per heavy atom. The first-order valence-corrected chi connectivity index (χ1v) is 9.32. The van der Waals surface area contributed by atoms with E-state index < -0.39 is 0 Å². The average molecular weight is 378 g/mol. The number of piperidine rings is 1. The maximum atomic E-state index is 12.5. The van der Waals surface area contributed by atoms with Crippen molar-refractivity contribution < 1.29 is 9.53 Å². The van der Waals surface area contributed by atoms with Gasteiger partial charge >= 0.3 is 6.01 Å². The first-order chi connectivity index (χ1) is 13.7. The number of nitrogens with zero attached hydrogens (tertiary/aromatic N) is 4. The zero-order valence-corrected chi connectivity index (χ0v) is 15.6. The molecule has 1 aliphatic rings. The molecule has 0 saturated carbocycles. The third kappa shape index (κ3) is 4.34. The van der Waals surface area contributed by atoms with Crippen LogP contribution in [-0.2, 0) is 0 Å². The van der Waals surface area contributed by atoms with Gasteiger partial charge in [0.05, 0.1) is 6.04 Å². The summed E-state index contributed by atoms with van der Waals surface area (Å²) in [5.41, 5.74) is 1.90. The summed E-state index contributed by atoms with van der Waals surface area (Å²) in [6, 6.07) is 11.2. The minimum atomic E-state index is -0.238. The van der Waals surface area contributed by atoms with Crippen LogP contribution in [0.5, 0.6) is 11.8 Å². The van der Waals surface area contributed by atoms with Crippen molar-refractivity contribution in [3.05, 3.63) is 60.2 Å². The first kappa shape index (κ1) is 18.1. The molecule has 0 aliphatic carbocycles. The predicted molar refractivity (Wildman–Crippen MR) is 105 cm³/mol. The van der Waals surface area contributed by atoms with Gasteiger partial charge < -0.3 is 15.4 Å². The molecule has 28 heavy (non-hydrogen) atoms. The molecule has 144 valence electrons. The lowest BCUT2D eigenvalue weighted by atomic mass is 10.1. The third-order valence-electron chi connectivity index (χ3n) is 4.58. The highest BCUT2D eigenvalue weighted by atomic mass is 16.5. The van der Waals surface area contributed by atoms with Crippen LogP contribution in [0.15, 0.2) is 48.8 Å². The molecule has 8 nitrogen and oxygen atoms in total. The second-order valence-electron chi connectivity index (χ2n) is 6.74. The summed E-state index contributed by atoms with van der Waals surface area (Å²) in [5, 5.41) is 10.6. The monoisotopic (exact) mass is 378 g/mol. The van der Waals surface area contributed by atoms with Gasteiger partial charge in [0.1, 0.15) is 5.75 Å². The molecule has 2 aromatic heterocycles. The second kappa shape index (κ2) is 8.18. The fraction of sp³-hybridized carbons (Fsp3) is 0.300. The lowest BCUT2D eigenvalue weighted by Crippen LogP contribution is -2.32. The first-order valence-electron chi connectivity index (χ1n) is 9.32. The SMILES string of the molecule is Cc1ccnc(Oc2ccc(NC(=O)c3ccn(C4CCCNC4)n3)cc2)n1. The van der Waals surface area contributed by atoms with E-state index in [0.29, 0.717) is 29.2 Å². The van der Waals surface area contributed by atoms with Gasteiger partial charge in [-0.3, -0.25) is 9.48 Å². The Morgan fingerprint density at radius 2 is 2.11 bits per heavy atom. The van der Waals surface area contributed by atoms with E-state index in [2.05, 4.69) is 25.7 Å². The molecule has 1 saturated heterocycles. The van der Waals surface area contributed by atoms with Gasteiger partial charge in [-0.15, -0.1) is 0 Å². The number of aromatic nitrogens is 4. The van der Waals surface area contributed by atoms with Gasteiger partial charge in [-0.25, -0.2) is 9.97 Å². The summed E-state index contributed by atoms with van der Waals surface area (Å²) in [6.07, 6.45) is 5.70. The molecule has 0 radical (unpaired) electrons. The lowest BCUT2D eigenvalue weighted by Gasteiger charge is -2.22. The minimum absolute atomic E-state index is 0.238. The van der Waals surface area contributed by atoms with Crippen molar-refractivity contribution in [3.63, 3.8) is 0 Å². The molecule has 3 heterocycles. The summed E-state index contributed by atoms with van der Waals surface area (Å²) in [6.45, 7) is 3.80. The number of hydrogen-bond acceptors (Lipinski definition) is 6. The topological polar surface area (TPSA) is 94.0 Å². The number of anilines is 1. The number of carbonyl (C=O) groups excluding carboxylic acids is 1. The van der Waals surface area contributed by atoms with Gasteiger partial charge in [-0.05, 0) is 62.7 Å². The zero-order chi connectivity index (χ0) is 19.3. The van der Waals surface area contributed by atoms with Crippen LogP contribution in [-0.4, -0.2) is 38.7 Å². The Bertz CT molecular complexity index is 947. The molecule has 0 spiro atoms. The molecule has 1 atom stereocenters. The summed E-state index contributed by atoms with van der Waals surface area (Å²) in [5.74, 6) is 0.357. The fourth-order valence-electron chi connectivity index (χ4n) is 3.10. The summed E-state index contributed by atoms with van der Waals surface area (Å²) >= 11 is 0. The predicted octanol–water partition coefficient (Wildman–Crippen LogP) is 2.95. The number of hydrogen-bond donors (Lipinski definition) is 2. The van der Waals surface area contributed by atoms with Crippen molar-refractivity contribution in [2.45, 2.75) is 25.8 Å². The van der Waals surface area contributed by atoms with E-state index in [0.717, 1.165) is 31.6 Å². The molecule has 4 rings (SSSR count). The van der Waals surface area contributed by atoms with Crippen molar-refractivity contribution in [3.8, 4) is 11.8 Å². The molecule has 3 aromatic rings. The van der Waals surface area contributed by atoms with Crippen LogP contribution >= 0.6 is 0 Å². The summed E-state index contributed by atoms with van der Waals surface area (Å²) in [4.78, 5) is 20.7. The molecule has 8 heteroatoms. The smallest absolute Gasteiger partial charge is 0.322 e. The Morgan fingerprint density at radius 3 is 2.86 bits per heavy atom. The Hall–Kier alpha value is -3.26. The quantitative estimate of drug-likeness (QED) is 0.709. The zero-order valence-electron chi connectivity index (χ0n) is 15.6. The van der Waals surface area contributed by atoms with Crippen LogP contribution in [0.3, 0.4) is 0 Å². The maximum absolute atomic E-state index is 12.5. The number of ether oxygens (including phenoxy) is 1. The lowest BCUT2D eigenvalue weighted by molar-refractivity contribution is 0.102. The number of nitrogens with one attached hydrogen (secondary N) is 2. The van der Waals surface area contributed by atoms with Gasteiger partial charge in [0.25, 0.3) is 5.91 Å². The van der Waals surface area contributed by atoms with Crippen LogP contribution in [0.25, 0.3) is 0 Å². The molecule has 1 aliphatic heterocycles. The van der Waals surface area contributed by atoms with E-state index in [9.17, 15) is 4.79 Å². The van der Waals surface area contributed by atoms with Crippen LogP contribution in [0, 0.1) is 6.92 Å². The number of rotatable bonds is 5. The maximum Gasteiger partial charge on any atom is 0.322 e. The van der Waals surface area contributed by atoms with Gasteiger partial charge in [-0.2, -0.15) is 5.10 Å². The van der Waals surface area contributed by atoms with Crippen molar-refractivity contribution in [2.75, 3.05) is 18.4 Å². The number of aryl methyl sites for hydroxylation is 1. The minimum Gasteiger partial charge on any atom is -0.424 e. The summed E-state index contributed by atoms with van der Waals surface area (Å²) < 4.78 is 7.49. The normalized spacial score (nSPS) is 16.5. The number of amides is 1. The molecular formula is C20H22N6O2. The highest BCUT2D eigenvalue weighted by molar-refractivity contribution is 6.02. The Labute approximate surface area is 163 Å². The molecule has 1 amide bonds. The van der Waals surface area contributed by atoms with Crippen molar-refractivity contribution in [2.24, 2.45) is 0 Å². The van der Waals surface area contributed by atoms with E-state index in [1.807, 2.05) is 17.8 Å². The van der Waals surface area contributed by atoms with Crippen molar-refractivity contribution in [1.29, 1.82) is 0 Å². The highest BCUT2D eigenvalue weighted by Crippen LogP contribution is 2.21. The molecule has 0 bridgehead atoms. The van der Waals surface area contributed by atoms with Gasteiger partial charge in [0.2, 0.25) is 0 Å². The molecular weight excluding hydrogens is 356 g/mol. The van der Waals surface area contributed by atoms with Crippen molar-refractivity contribution >= 4 is 11.6 Å². The van der Waals surface area contributed by atoms with Crippen LogP contribution in [0.2, 0.25) is 0 Å². The van der Waals surface area contributed by atoms with E-state index in [4.69, 9.17) is 4.74 Å². The van der Waals surface area contributed by atoms with E-state index in [1.165, 1.54) is 0 Å². The third-order valence-corrected chi connectivity index (χ3v) is 4.58. The fourth-order valence-corrected chi connectivity index (χ4v) is 3.10. The van der Waals surface area contributed by atoms with Gasteiger partial charge in [0.15, 0.2) is 5.69 Å². The average Bonchev–Trinajstić information content (AvgIpc) is 3.21. The van der Waals surface area contributed by atoms with Crippen LogP contribution in [0.1, 0.15) is 35.1 Å². The Kier molecular flexibility index (Phi) is 5.29. The molecule has 2 N–H and O–H groups in total. The number of benzene rings is 1. The standard InChI is InChI=1S/C20H22N6O2/c1-14-8-11-22-20(23-14)28-17-6-4-15(5-7-17)24-19(27)18-9-12-26(25-18)16-3-2-10-21-13-16/h4-9,11-12,16,21H,2-3,10,13H2,1H3,(H,24,27). The van der Waals surface area contributed by atoms with Crippen molar-refractivity contribution in [1.82, 2.24) is 25.1 Å². The molecule has 1 fully saturated rings. The van der Waals surface area contributed by atoms with E-state index >= 15 is 0 Å². The van der Waals surface area contributed by atoms with Crippen LogP contribution in [0.4, 0.5) is 5.69 Å². The second-order valence-corrected chi connectivity index (χ2v) is 6.74. The van der Waals surface area contributed by atoms with E-state index in [1.54, 1.807) is 42.6 Å². The van der Waals surface area contributed by atoms with Crippen LogP contribution < -0.4 is 15.4 Å². The highest BCUT2D eigenvalue weighted by Gasteiger charge is 2.17. The Balaban J connectivity index is 1.37. The number of carbonyl (C=O) groups is 1. The summed E-state index contributed by atoms with van der Waals surface area (Å²) in [7, 11) is 0. The van der Waals surface area contributed by atoms with Gasteiger partial charge in [-0.1, -0.05) is 0 Å². The van der Waals surface area contributed by atoms with Gasteiger partial charge in [0, 0.05) is 30.3 Å². The molecule has 1 unspecified atom stereocenters. The largest absolute Gasteiger partial charge is 0.424 e. The van der Waals surface area contributed by atoms with E-state index in [-0.39, 0.29) is 5.91 Å². The molecule has 1 aromatic carbocycles.